The minimum Gasteiger partial charge on any atom is -0.410 e. The van der Waals surface area contributed by atoms with Crippen molar-refractivity contribution in [1.82, 2.24) is 9.78 Å². The Hall–Kier alpha value is -1.24. The minimum atomic E-state index is -4.35. The van der Waals surface area contributed by atoms with E-state index in [0.717, 1.165) is 10.9 Å². The molecule has 0 bridgehead atoms. The number of halogens is 4. The highest BCUT2D eigenvalue weighted by molar-refractivity contribution is 6.69. The Morgan fingerprint density at radius 1 is 1.67 bits per heavy atom. The van der Waals surface area contributed by atoms with E-state index in [9.17, 15) is 13.2 Å². The Morgan fingerprint density at radius 2 is 2.27 bits per heavy atom. The van der Waals surface area contributed by atoms with Crippen LogP contribution in [0.4, 0.5) is 13.2 Å². The normalized spacial score (nSPS) is 13.3. The number of alkyl halides is 3. The van der Waals surface area contributed by atoms with Crippen LogP contribution in [0.1, 0.15) is 11.3 Å². The second-order valence-electron chi connectivity index (χ2n) is 2.81. The van der Waals surface area contributed by atoms with Crippen LogP contribution in [0.5, 0.6) is 0 Å². The molecule has 1 aromatic rings. The van der Waals surface area contributed by atoms with E-state index in [4.69, 9.17) is 16.8 Å². The lowest BCUT2D eigenvalue weighted by atomic mass is 10.3. The predicted octanol–water partition coefficient (Wildman–Crippen LogP) is 2.13. The number of hydrogen-bond acceptors (Lipinski definition) is 3. The molecule has 15 heavy (non-hydrogen) atoms. The zero-order chi connectivity index (χ0) is 11.6. The Morgan fingerprint density at radius 3 is 2.73 bits per heavy atom. The lowest BCUT2D eigenvalue weighted by molar-refractivity contribution is -0.142. The maximum Gasteiger partial charge on any atom is 0.408 e. The van der Waals surface area contributed by atoms with E-state index in [1.807, 2.05) is 0 Å². The van der Waals surface area contributed by atoms with Crippen LogP contribution >= 0.6 is 11.6 Å². The van der Waals surface area contributed by atoms with Gasteiger partial charge in [0.05, 0.1) is 11.8 Å². The van der Waals surface area contributed by atoms with Gasteiger partial charge in [-0.15, -0.1) is 0 Å². The standard InChI is InChI=1S/C7H7ClF3N3O/c1-4-5(6(8)13-15)2-12-14(4)3-7(9,10)11/h2,15H,3H2,1H3/b13-6+. The van der Waals surface area contributed by atoms with Crippen LogP contribution in [0.25, 0.3) is 0 Å². The third-order valence-electron chi connectivity index (χ3n) is 1.74. The second-order valence-corrected chi connectivity index (χ2v) is 3.17. The van der Waals surface area contributed by atoms with E-state index in [1.54, 1.807) is 0 Å². The molecule has 84 valence electrons. The van der Waals surface area contributed by atoms with Gasteiger partial charge in [-0.2, -0.15) is 18.3 Å². The molecule has 0 saturated heterocycles. The van der Waals surface area contributed by atoms with Crippen LogP contribution in [0.15, 0.2) is 11.4 Å². The quantitative estimate of drug-likeness (QED) is 0.490. The molecule has 0 aliphatic carbocycles. The van der Waals surface area contributed by atoms with Crippen molar-refractivity contribution in [3.05, 3.63) is 17.5 Å². The van der Waals surface area contributed by atoms with Crippen molar-refractivity contribution in [2.45, 2.75) is 19.6 Å². The first-order valence-corrected chi connectivity index (χ1v) is 4.20. The molecule has 0 atom stereocenters. The molecule has 0 amide bonds. The molecule has 0 aliphatic rings. The molecule has 1 rings (SSSR count). The third-order valence-corrected chi connectivity index (χ3v) is 2.02. The molecule has 0 aromatic carbocycles. The number of nitrogens with zero attached hydrogens (tertiary/aromatic N) is 3. The summed E-state index contributed by atoms with van der Waals surface area (Å²) >= 11 is 5.45. The van der Waals surface area contributed by atoms with Gasteiger partial charge in [0.25, 0.3) is 0 Å². The SMILES string of the molecule is Cc1c(/C(Cl)=N\O)cnn1CC(F)(F)F. The molecule has 0 fully saturated rings. The fourth-order valence-corrected chi connectivity index (χ4v) is 1.22. The van der Waals surface area contributed by atoms with Gasteiger partial charge in [-0.05, 0) is 6.92 Å². The van der Waals surface area contributed by atoms with Gasteiger partial charge < -0.3 is 5.21 Å². The summed E-state index contributed by atoms with van der Waals surface area (Å²) < 4.78 is 36.9. The van der Waals surface area contributed by atoms with Crippen molar-refractivity contribution >= 4 is 16.8 Å². The number of hydrogen-bond donors (Lipinski definition) is 1. The molecule has 0 spiro atoms. The van der Waals surface area contributed by atoms with Crippen LogP contribution in [-0.2, 0) is 6.54 Å². The summed E-state index contributed by atoms with van der Waals surface area (Å²) in [5.74, 6) is 0. The summed E-state index contributed by atoms with van der Waals surface area (Å²) in [6.07, 6.45) is -3.24. The van der Waals surface area contributed by atoms with E-state index in [1.165, 1.54) is 6.92 Å². The van der Waals surface area contributed by atoms with Crippen molar-refractivity contribution in [1.29, 1.82) is 0 Å². The van der Waals surface area contributed by atoms with Crippen molar-refractivity contribution < 1.29 is 18.4 Å². The Kier molecular flexibility index (Phi) is 3.23. The number of aromatic nitrogens is 2. The van der Waals surface area contributed by atoms with Crippen LogP contribution in [0, 0.1) is 6.92 Å². The minimum absolute atomic E-state index is 0.170. The zero-order valence-electron chi connectivity index (χ0n) is 7.59. The van der Waals surface area contributed by atoms with Gasteiger partial charge in [0.2, 0.25) is 0 Å². The van der Waals surface area contributed by atoms with Gasteiger partial charge in [0.1, 0.15) is 6.54 Å². The first kappa shape index (κ1) is 11.8. The van der Waals surface area contributed by atoms with Gasteiger partial charge >= 0.3 is 6.18 Å². The zero-order valence-corrected chi connectivity index (χ0v) is 8.34. The van der Waals surface area contributed by atoms with E-state index in [2.05, 4.69) is 10.3 Å². The van der Waals surface area contributed by atoms with E-state index in [-0.39, 0.29) is 16.4 Å². The van der Waals surface area contributed by atoms with Crippen LogP contribution < -0.4 is 0 Å². The largest absolute Gasteiger partial charge is 0.410 e. The predicted molar refractivity (Wildman–Crippen MR) is 47.2 cm³/mol. The Labute approximate surface area is 87.9 Å². The van der Waals surface area contributed by atoms with Crippen molar-refractivity contribution in [2.75, 3.05) is 0 Å². The molecule has 0 radical (unpaired) electrons. The van der Waals surface area contributed by atoms with Gasteiger partial charge in [0, 0.05) is 5.69 Å². The molecular formula is C7H7ClF3N3O. The summed E-state index contributed by atoms with van der Waals surface area (Å²) in [5.41, 5.74) is 0.360. The average molecular weight is 242 g/mol. The lowest BCUT2D eigenvalue weighted by Crippen LogP contribution is -2.19. The van der Waals surface area contributed by atoms with Gasteiger partial charge in [-0.3, -0.25) is 4.68 Å². The van der Waals surface area contributed by atoms with Gasteiger partial charge in [-0.1, -0.05) is 16.8 Å². The van der Waals surface area contributed by atoms with E-state index in [0.29, 0.717) is 0 Å². The molecule has 1 N–H and O–H groups in total. The first-order chi connectivity index (χ1) is 6.85. The maximum absolute atomic E-state index is 12.0. The number of rotatable bonds is 2. The monoisotopic (exact) mass is 241 g/mol. The highest BCUT2D eigenvalue weighted by Gasteiger charge is 2.29. The molecule has 0 saturated carbocycles. The Balaban J connectivity index is 3.00. The summed E-state index contributed by atoms with van der Waals surface area (Å²) in [6, 6.07) is 0. The fourth-order valence-electron chi connectivity index (χ4n) is 1.03. The van der Waals surface area contributed by atoms with Crippen LogP contribution in [0.2, 0.25) is 0 Å². The fraction of sp³-hybridized carbons (Fsp3) is 0.429. The first-order valence-electron chi connectivity index (χ1n) is 3.82. The maximum atomic E-state index is 12.0. The summed E-state index contributed by atoms with van der Waals surface area (Å²) in [6.45, 7) is 0.204. The molecule has 1 aromatic heterocycles. The van der Waals surface area contributed by atoms with Crippen molar-refractivity contribution in [2.24, 2.45) is 5.16 Å². The lowest BCUT2D eigenvalue weighted by Gasteiger charge is -2.08. The highest BCUT2D eigenvalue weighted by Crippen LogP contribution is 2.19. The van der Waals surface area contributed by atoms with Crippen molar-refractivity contribution in [3.8, 4) is 0 Å². The number of oxime groups is 1. The summed E-state index contributed by atoms with van der Waals surface area (Å²) in [4.78, 5) is 0. The topological polar surface area (TPSA) is 50.4 Å². The average Bonchev–Trinajstić information content (AvgIpc) is 2.45. The van der Waals surface area contributed by atoms with Gasteiger partial charge in [0.15, 0.2) is 5.17 Å². The Bertz CT molecular complexity index is 385. The summed E-state index contributed by atoms with van der Waals surface area (Å²) in [5, 5.41) is 14.2. The van der Waals surface area contributed by atoms with Crippen LogP contribution in [-0.4, -0.2) is 26.3 Å². The molecule has 0 unspecified atom stereocenters. The molecule has 8 heteroatoms. The molecule has 0 aliphatic heterocycles. The molecular weight excluding hydrogens is 235 g/mol. The second kappa shape index (κ2) is 4.09. The molecule has 1 heterocycles. The van der Waals surface area contributed by atoms with Gasteiger partial charge in [-0.25, -0.2) is 0 Å². The van der Waals surface area contributed by atoms with E-state index < -0.39 is 12.7 Å². The van der Waals surface area contributed by atoms with Crippen LogP contribution in [0.3, 0.4) is 0 Å². The molecule has 4 nitrogen and oxygen atoms in total. The summed E-state index contributed by atoms with van der Waals surface area (Å²) in [7, 11) is 0. The van der Waals surface area contributed by atoms with Crippen molar-refractivity contribution in [3.63, 3.8) is 0 Å². The smallest absolute Gasteiger partial charge is 0.408 e. The third kappa shape index (κ3) is 2.85. The highest BCUT2D eigenvalue weighted by atomic mass is 35.5. The van der Waals surface area contributed by atoms with E-state index >= 15 is 0 Å².